The van der Waals surface area contributed by atoms with Crippen LogP contribution in [0.4, 0.5) is 9.18 Å². The number of urea groups is 1. The van der Waals surface area contributed by atoms with Gasteiger partial charge in [0.05, 0.1) is 13.2 Å². The van der Waals surface area contributed by atoms with Crippen molar-refractivity contribution in [2.45, 2.75) is 51.5 Å². The fraction of sp³-hybridized carbons (Fsp3) is 0.625. The third-order valence-corrected chi connectivity index (χ3v) is 6.86. The minimum Gasteiger partial charge on any atom is -0.383 e. The number of imide groups is 1. The molecule has 176 valence electrons. The number of nitrogens with zero attached hydrogens (tertiary/aromatic N) is 2. The lowest BCUT2D eigenvalue weighted by molar-refractivity contribution is -0.136. The van der Waals surface area contributed by atoms with Crippen LogP contribution in [-0.2, 0) is 20.7 Å². The summed E-state index contributed by atoms with van der Waals surface area (Å²) in [6.45, 7) is 5.65. The predicted octanol–water partition coefficient (Wildman–Crippen LogP) is 2.98. The van der Waals surface area contributed by atoms with Crippen LogP contribution in [0, 0.1) is 17.7 Å². The molecule has 0 aliphatic carbocycles. The maximum Gasteiger partial charge on any atom is 0.325 e. The van der Waals surface area contributed by atoms with Gasteiger partial charge in [-0.25, -0.2) is 9.18 Å². The van der Waals surface area contributed by atoms with Crippen molar-refractivity contribution in [2.75, 3.05) is 33.4 Å². The number of carbonyl (C=O) groups excluding carboxylic acids is 3. The Balaban J connectivity index is 1.81. The molecule has 2 saturated heterocycles. The van der Waals surface area contributed by atoms with Crippen LogP contribution in [0.25, 0.3) is 0 Å². The Morgan fingerprint density at radius 1 is 1.31 bits per heavy atom. The zero-order valence-electron chi connectivity index (χ0n) is 19.2. The van der Waals surface area contributed by atoms with E-state index in [1.807, 2.05) is 4.90 Å². The quantitative estimate of drug-likeness (QED) is 0.591. The third-order valence-electron chi connectivity index (χ3n) is 6.86. The summed E-state index contributed by atoms with van der Waals surface area (Å²) in [5.74, 6) is -0.350. The predicted molar refractivity (Wildman–Crippen MR) is 118 cm³/mol. The van der Waals surface area contributed by atoms with E-state index in [2.05, 4.69) is 19.2 Å². The molecule has 1 N–H and O–H groups in total. The molecule has 0 spiro atoms. The molecule has 2 atom stereocenters. The lowest BCUT2D eigenvalue weighted by Gasteiger charge is -2.41. The van der Waals surface area contributed by atoms with E-state index >= 15 is 0 Å². The first-order valence-electron chi connectivity index (χ1n) is 11.5. The van der Waals surface area contributed by atoms with E-state index in [1.54, 1.807) is 12.1 Å². The van der Waals surface area contributed by atoms with Crippen LogP contribution >= 0.6 is 0 Å². The summed E-state index contributed by atoms with van der Waals surface area (Å²) in [6.07, 6.45) is 2.90. The van der Waals surface area contributed by atoms with Gasteiger partial charge >= 0.3 is 6.03 Å². The monoisotopic (exact) mass is 447 g/mol. The van der Waals surface area contributed by atoms with Crippen molar-refractivity contribution >= 4 is 17.8 Å². The van der Waals surface area contributed by atoms with Gasteiger partial charge in [0.1, 0.15) is 11.4 Å². The summed E-state index contributed by atoms with van der Waals surface area (Å²) in [4.78, 5) is 42.0. The lowest BCUT2D eigenvalue weighted by Crippen LogP contribution is -2.58. The molecular formula is C24H34FN3O4. The van der Waals surface area contributed by atoms with Crippen molar-refractivity contribution in [1.82, 2.24) is 15.1 Å². The second-order valence-corrected chi connectivity index (χ2v) is 9.03. The Labute approximate surface area is 189 Å². The van der Waals surface area contributed by atoms with Gasteiger partial charge in [0, 0.05) is 33.0 Å². The zero-order chi connectivity index (χ0) is 23.3. The zero-order valence-corrected chi connectivity index (χ0v) is 19.2. The highest BCUT2D eigenvalue weighted by Crippen LogP contribution is 2.37. The highest BCUT2D eigenvalue weighted by atomic mass is 19.1. The number of amides is 4. The molecule has 8 heteroatoms. The Morgan fingerprint density at radius 2 is 2.03 bits per heavy atom. The fourth-order valence-electron chi connectivity index (χ4n) is 4.73. The van der Waals surface area contributed by atoms with Gasteiger partial charge < -0.3 is 15.0 Å². The molecule has 2 aliphatic rings. The Kier molecular flexibility index (Phi) is 7.87. The van der Waals surface area contributed by atoms with Gasteiger partial charge in [-0.1, -0.05) is 32.4 Å². The Hall–Kier alpha value is -2.48. The normalized spacial score (nSPS) is 22.9. The number of hydrogen-bond donors (Lipinski definition) is 1. The number of carbonyl (C=O) groups is 3. The first-order chi connectivity index (χ1) is 15.3. The molecule has 1 aromatic rings. The smallest absolute Gasteiger partial charge is 0.325 e. The fourth-order valence-corrected chi connectivity index (χ4v) is 4.73. The summed E-state index contributed by atoms with van der Waals surface area (Å²) in [7, 11) is 1.52. The molecule has 2 aliphatic heterocycles. The van der Waals surface area contributed by atoms with Crippen LogP contribution < -0.4 is 5.32 Å². The number of ether oxygens (including phenoxy) is 1. The van der Waals surface area contributed by atoms with Crippen molar-refractivity contribution in [1.29, 1.82) is 0 Å². The van der Waals surface area contributed by atoms with Gasteiger partial charge in [0.25, 0.3) is 5.91 Å². The van der Waals surface area contributed by atoms with Crippen LogP contribution in [0.15, 0.2) is 24.3 Å². The van der Waals surface area contributed by atoms with Gasteiger partial charge in [-0.05, 0) is 42.4 Å². The molecule has 1 aromatic carbocycles. The molecule has 4 amide bonds. The van der Waals surface area contributed by atoms with E-state index in [1.165, 1.54) is 24.1 Å². The molecule has 0 unspecified atom stereocenters. The number of benzene rings is 1. The van der Waals surface area contributed by atoms with Gasteiger partial charge in [0.2, 0.25) is 5.91 Å². The van der Waals surface area contributed by atoms with Gasteiger partial charge in [0.15, 0.2) is 0 Å². The first-order valence-corrected chi connectivity index (χ1v) is 11.5. The molecular weight excluding hydrogens is 413 g/mol. The topological polar surface area (TPSA) is 79.0 Å². The second-order valence-electron chi connectivity index (χ2n) is 9.03. The van der Waals surface area contributed by atoms with E-state index in [0.717, 1.165) is 6.42 Å². The summed E-state index contributed by atoms with van der Waals surface area (Å²) in [5, 5.41) is 2.96. The van der Waals surface area contributed by atoms with Crippen LogP contribution in [0.5, 0.6) is 0 Å². The summed E-state index contributed by atoms with van der Waals surface area (Å²) in [6, 6.07) is 5.70. The number of nitrogens with one attached hydrogen (secondary N) is 1. The number of hydrogen-bond acceptors (Lipinski definition) is 4. The van der Waals surface area contributed by atoms with Gasteiger partial charge in [-0.2, -0.15) is 0 Å². The van der Waals surface area contributed by atoms with Gasteiger partial charge in [-0.15, -0.1) is 0 Å². The van der Waals surface area contributed by atoms with Crippen molar-refractivity contribution in [3.05, 3.63) is 35.6 Å². The average Bonchev–Trinajstić information content (AvgIpc) is 3.02. The summed E-state index contributed by atoms with van der Waals surface area (Å²) < 4.78 is 18.9. The van der Waals surface area contributed by atoms with E-state index in [-0.39, 0.29) is 43.1 Å². The van der Waals surface area contributed by atoms with Crippen molar-refractivity contribution in [2.24, 2.45) is 11.8 Å². The summed E-state index contributed by atoms with van der Waals surface area (Å²) in [5.41, 5.74) is -0.493. The van der Waals surface area contributed by atoms with Crippen molar-refractivity contribution < 1.29 is 23.5 Å². The summed E-state index contributed by atoms with van der Waals surface area (Å²) >= 11 is 0. The van der Waals surface area contributed by atoms with E-state index in [0.29, 0.717) is 43.8 Å². The molecule has 0 radical (unpaired) electrons. The van der Waals surface area contributed by atoms with E-state index in [4.69, 9.17) is 4.74 Å². The molecule has 2 fully saturated rings. The highest BCUT2D eigenvalue weighted by Gasteiger charge is 2.55. The molecule has 0 saturated carbocycles. The first kappa shape index (κ1) is 24.2. The number of likely N-dealkylation sites (tertiary alicyclic amines) is 1. The largest absolute Gasteiger partial charge is 0.383 e. The maximum atomic E-state index is 13.9. The van der Waals surface area contributed by atoms with Crippen LogP contribution in [-0.4, -0.2) is 66.5 Å². The van der Waals surface area contributed by atoms with E-state index < -0.39 is 11.6 Å². The maximum absolute atomic E-state index is 13.9. The highest BCUT2D eigenvalue weighted by molar-refractivity contribution is 6.07. The number of halogens is 1. The van der Waals surface area contributed by atoms with Crippen LogP contribution in [0.2, 0.25) is 0 Å². The number of rotatable bonds is 9. The minimum atomic E-state index is -1.15. The molecule has 3 rings (SSSR count). The van der Waals surface area contributed by atoms with Crippen molar-refractivity contribution in [3.8, 4) is 0 Å². The molecule has 0 bridgehead atoms. The Bertz CT molecular complexity index is 840. The van der Waals surface area contributed by atoms with Crippen LogP contribution in [0.1, 0.15) is 45.1 Å². The second kappa shape index (κ2) is 10.4. The average molecular weight is 448 g/mol. The molecule has 7 nitrogen and oxygen atoms in total. The minimum absolute atomic E-state index is 0.139. The standard InChI is InChI=1S/C24H34FN3O4/c1-4-17(2)14-21(29)27-10-8-19(9-11-27)24(16-18-6-5-7-20(25)15-18)22(30)28(12-13-32-3)23(31)26-24/h5-7,15,17,19H,4,8-14,16H2,1-3H3,(H,26,31)/t17-,24+/m1/s1. The number of methoxy groups -OCH3 is 1. The third kappa shape index (κ3) is 5.11. The van der Waals surface area contributed by atoms with Crippen LogP contribution in [0.3, 0.4) is 0 Å². The Morgan fingerprint density at radius 3 is 2.66 bits per heavy atom. The molecule has 32 heavy (non-hydrogen) atoms. The molecule has 0 aromatic heterocycles. The molecule has 2 heterocycles. The number of piperidine rings is 1. The lowest BCUT2D eigenvalue weighted by atomic mass is 9.73. The van der Waals surface area contributed by atoms with E-state index in [9.17, 15) is 18.8 Å². The van der Waals surface area contributed by atoms with Gasteiger partial charge in [-0.3, -0.25) is 14.5 Å². The SMILES string of the molecule is CC[C@@H](C)CC(=O)N1CCC([C@]2(Cc3cccc(F)c3)NC(=O)N(CCOC)C2=O)CC1. The van der Waals surface area contributed by atoms with Crippen molar-refractivity contribution in [3.63, 3.8) is 0 Å².